The SMILES string of the molecule is O=C1CC(CBr)CN1Cc1cccc(Cl)c1Cl. The zero-order valence-corrected chi connectivity index (χ0v) is 12.2. The van der Waals surface area contributed by atoms with Crippen LogP contribution >= 0.6 is 39.1 Å². The second kappa shape index (κ2) is 5.59. The molecule has 0 radical (unpaired) electrons. The summed E-state index contributed by atoms with van der Waals surface area (Å²) >= 11 is 15.5. The number of halogens is 3. The number of carbonyl (C=O) groups is 1. The van der Waals surface area contributed by atoms with Crippen molar-refractivity contribution in [2.75, 3.05) is 11.9 Å². The molecule has 0 spiro atoms. The van der Waals surface area contributed by atoms with E-state index in [0.29, 0.717) is 28.9 Å². The number of likely N-dealkylation sites (tertiary alicyclic amines) is 1. The van der Waals surface area contributed by atoms with Crippen LogP contribution in [0.5, 0.6) is 0 Å². The van der Waals surface area contributed by atoms with Crippen molar-refractivity contribution in [3.8, 4) is 0 Å². The summed E-state index contributed by atoms with van der Waals surface area (Å²) in [5.74, 6) is 0.589. The highest BCUT2D eigenvalue weighted by Gasteiger charge is 2.29. The predicted octanol–water partition coefficient (Wildman–Crippen LogP) is 3.74. The van der Waals surface area contributed by atoms with Gasteiger partial charge in [0.2, 0.25) is 5.91 Å². The first-order valence-electron chi connectivity index (χ1n) is 5.38. The van der Waals surface area contributed by atoms with Crippen molar-refractivity contribution < 1.29 is 4.79 Å². The molecule has 0 saturated carbocycles. The van der Waals surface area contributed by atoms with Gasteiger partial charge in [-0.15, -0.1) is 0 Å². The van der Waals surface area contributed by atoms with Crippen molar-refractivity contribution in [1.82, 2.24) is 4.90 Å². The number of hydrogen-bond donors (Lipinski definition) is 0. The maximum atomic E-state index is 11.8. The number of rotatable bonds is 3. The summed E-state index contributed by atoms with van der Waals surface area (Å²) in [6.07, 6.45) is 0.615. The molecule has 1 aliphatic heterocycles. The van der Waals surface area contributed by atoms with E-state index in [4.69, 9.17) is 23.2 Å². The Labute approximate surface area is 119 Å². The van der Waals surface area contributed by atoms with Gasteiger partial charge in [0.15, 0.2) is 0 Å². The van der Waals surface area contributed by atoms with Gasteiger partial charge in [-0.3, -0.25) is 4.79 Å². The molecular formula is C12H12BrCl2NO. The summed E-state index contributed by atoms with van der Waals surface area (Å²) in [5.41, 5.74) is 0.905. The van der Waals surface area contributed by atoms with E-state index in [1.807, 2.05) is 17.0 Å². The quantitative estimate of drug-likeness (QED) is 0.770. The molecule has 5 heteroatoms. The second-order valence-corrected chi connectivity index (χ2v) is 5.64. The summed E-state index contributed by atoms with van der Waals surface area (Å²) in [6, 6.07) is 5.51. The van der Waals surface area contributed by atoms with Crippen LogP contribution in [0.15, 0.2) is 18.2 Å². The smallest absolute Gasteiger partial charge is 0.223 e. The summed E-state index contributed by atoms with van der Waals surface area (Å²) in [7, 11) is 0. The van der Waals surface area contributed by atoms with E-state index in [1.54, 1.807) is 6.07 Å². The fraction of sp³-hybridized carbons (Fsp3) is 0.417. The first kappa shape index (κ1) is 13.2. The lowest BCUT2D eigenvalue weighted by Gasteiger charge is -2.17. The number of carbonyl (C=O) groups excluding carboxylic acids is 1. The van der Waals surface area contributed by atoms with E-state index in [2.05, 4.69) is 15.9 Å². The summed E-state index contributed by atoms with van der Waals surface area (Å²) in [6.45, 7) is 1.33. The van der Waals surface area contributed by atoms with Gasteiger partial charge >= 0.3 is 0 Å². The molecule has 92 valence electrons. The molecule has 0 bridgehead atoms. The molecule has 0 aliphatic carbocycles. The number of benzene rings is 1. The van der Waals surface area contributed by atoms with Gasteiger partial charge in [-0.25, -0.2) is 0 Å². The summed E-state index contributed by atoms with van der Waals surface area (Å²) in [4.78, 5) is 13.6. The summed E-state index contributed by atoms with van der Waals surface area (Å²) < 4.78 is 0. The Balaban J connectivity index is 2.11. The number of hydrogen-bond acceptors (Lipinski definition) is 1. The van der Waals surface area contributed by atoms with E-state index < -0.39 is 0 Å². The van der Waals surface area contributed by atoms with Crippen LogP contribution in [0.4, 0.5) is 0 Å². The zero-order chi connectivity index (χ0) is 12.4. The maximum absolute atomic E-state index is 11.8. The van der Waals surface area contributed by atoms with Gasteiger partial charge in [0, 0.05) is 24.8 Å². The van der Waals surface area contributed by atoms with E-state index in [-0.39, 0.29) is 5.91 Å². The maximum Gasteiger partial charge on any atom is 0.223 e. The molecule has 1 heterocycles. The Morgan fingerprint density at radius 1 is 1.41 bits per heavy atom. The second-order valence-electron chi connectivity index (χ2n) is 4.21. The van der Waals surface area contributed by atoms with Crippen LogP contribution in [0.2, 0.25) is 10.0 Å². The van der Waals surface area contributed by atoms with Gasteiger partial charge in [0.1, 0.15) is 0 Å². The number of amides is 1. The van der Waals surface area contributed by atoms with E-state index in [9.17, 15) is 4.79 Å². The van der Waals surface area contributed by atoms with Crippen molar-refractivity contribution in [2.24, 2.45) is 5.92 Å². The molecule has 1 saturated heterocycles. The van der Waals surface area contributed by atoms with E-state index >= 15 is 0 Å². The number of nitrogens with zero attached hydrogens (tertiary/aromatic N) is 1. The Hall–Kier alpha value is -0.250. The Morgan fingerprint density at radius 3 is 2.82 bits per heavy atom. The molecule has 2 rings (SSSR count). The molecule has 1 aliphatic rings. The monoisotopic (exact) mass is 335 g/mol. The molecule has 0 aromatic heterocycles. The largest absolute Gasteiger partial charge is 0.338 e. The third-order valence-electron chi connectivity index (χ3n) is 2.91. The van der Waals surface area contributed by atoms with Gasteiger partial charge in [-0.1, -0.05) is 51.3 Å². The lowest BCUT2D eigenvalue weighted by Crippen LogP contribution is -2.24. The van der Waals surface area contributed by atoms with Crippen LogP contribution in [0.1, 0.15) is 12.0 Å². The third kappa shape index (κ3) is 2.95. The lowest BCUT2D eigenvalue weighted by molar-refractivity contribution is -0.128. The third-order valence-corrected chi connectivity index (χ3v) is 4.68. The Bertz CT molecular complexity index is 439. The average Bonchev–Trinajstić information content (AvgIpc) is 2.66. The highest BCUT2D eigenvalue weighted by Crippen LogP contribution is 2.28. The molecule has 1 aromatic rings. The standard InChI is InChI=1S/C12H12BrCl2NO/c13-5-8-4-11(17)16(6-8)7-9-2-1-3-10(14)12(9)15/h1-3,8H,4-7H2. The van der Waals surface area contributed by atoms with E-state index in [1.165, 1.54) is 0 Å². The first-order chi connectivity index (χ1) is 8.11. The van der Waals surface area contributed by atoms with Crippen LogP contribution in [-0.4, -0.2) is 22.7 Å². The average molecular weight is 337 g/mol. The number of alkyl halides is 1. The molecule has 0 N–H and O–H groups in total. The fourth-order valence-electron chi connectivity index (χ4n) is 1.99. The molecule has 1 aromatic carbocycles. The van der Waals surface area contributed by atoms with Crippen molar-refractivity contribution in [3.63, 3.8) is 0 Å². The normalized spacial score (nSPS) is 20.1. The van der Waals surface area contributed by atoms with Gasteiger partial charge in [-0.05, 0) is 17.5 Å². The van der Waals surface area contributed by atoms with Gasteiger partial charge in [-0.2, -0.15) is 0 Å². The first-order valence-corrected chi connectivity index (χ1v) is 7.26. The molecule has 1 unspecified atom stereocenters. The zero-order valence-electron chi connectivity index (χ0n) is 9.13. The molecule has 17 heavy (non-hydrogen) atoms. The van der Waals surface area contributed by atoms with Crippen LogP contribution in [0, 0.1) is 5.92 Å². The highest BCUT2D eigenvalue weighted by molar-refractivity contribution is 9.09. The topological polar surface area (TPSA) is 20.3 Å². The molecule has 1 amide bonds. The van der Waals surface area contributed by atoms with Crippen LogP contribution < -0.4 is 0 Å². The lowest BCUT2D eigenvalue weighted by atomic mass is 10.2. The van der Waals surface area contributed by atoms with Crippen molar-refractivity contribution in [1.29, 1.82) is 0 Å². The Morgan fingerprint density at radius 2 is 2.18 bits per heavy atom. The van der Waals surface area contributed by atoms with Gasteiger partial charge < -0.3 is 4.90 Å². The Kier molecular flexibility index (Phi) is 4.34. The fourth-order valence-corrected chi connectivity index (χ4v) is 2.80. The molecular weight excluding hydrogens is 325 g/mol. The van der Waals surface area contributed by atoms with Crippen LogP contribution in [0.25, 0.3) is 0 Å². The van der Waals surface area contributed by atoms with Gasteiger partial charge in [0.05, 0.1) is 10.0 Å². The minimum atomic E-state index is 0.186. The minimum Gasteiger partial charge on any atom is -0.338 e. The minimum absolute atomic E-state index is 0.186. The van der Waals surface area contributed by atoms with E-state index in [0.717, 1.165) is 17.4 Å². The summed E-state index contributed by atoms with van der Waals surface area (Å²) in [5, 5.41) is 1.94. The molecule has 1 fully saturated rings. The predicted molar refractivity (Wildman–Crippen MR) is 73.8 cm³/mol. The van der Waals surface area contributed by atoms with Crippen LogP contribution in [-0.2, 0) is 11.3 Å². The molecule has 2 nitrogen and oxygen atoms in total. The van der Waals surface area contributed by atoms with Crippen molar-refractivity contribution >= 4 is 45.0 Å². The van der Waals surface area contributed by atoms with Gasteiger partial charge in [0.25, 0.3) is 0 Å². The van der Waals surface area contributed by atoms with Crippen molar-refractivity contribution in [3.05, 3.63) is 33.8 Å². The van der Waals surface area contributed by atoms with Crippen LogP contribution in [0.3, 0.4) is 0 Å². The highest BCUT2D eigenvalue weighted by atomic mass is 79.9. The molecule has 1 atom stereocenters. The van der Waals surface area contributed by atoms with Crippen molar-refractivity contribution in [2.45, 2.75) is 13.0 Å².